The highest BCUT2D eigenvalue weighted by Crippen LogP contribution is 2.33. The van der Waals surface area contributed by atoms with Gasteiger partial charge in [-0.3, -0.25) is 0 Å². The normalized spacial score (nSPS) is 13.4. The smallest absolute Gasteiger partial charge is 0.182 e. The molecule has 2 heterocycles. The monoisotopic (exact) mass is 287 g/mol. The van der Waals surface area contributed by atoms with Crippen molar-refractivity contribution in [2.45, 2.75) is 17.9 Å². The molecule has 1 unspecified atom stereocenters. The minimum Gasteiger partial charge on any atom is -0.382 e. The number of nitrogens with zero attached hydrogens (tertiary/aromatic N) is 2. The molecule has 0 saturated carbocycles. The van der Waals surface area contributed by atoms with Crippen LogP contribution in [0.4, 0.5) is 10.8 Å². The molecular formula is C9H13N5O2S2. The highest BCUT2D eigenvalue weighted by atomic mass is 32.2. The average Bonchev–Trinajstić information content (AvgIpc) is 2.86. The number of anilines is 2. The summed E-state index contributed by atoms with van der Waals surface area (Å²) in [5.41, 5.74) is 5.58. The van der Waals surface area contributed by atoms with Crippen LogP contribution < -0.4 is 11.1 Å². The van der Waals surface area contributed by atoms with Crippen LogP contribution in [0.1, 0.15) is 18.8 Å². The fraction of sp³-hybridized carbons (Fsp3) is 0.333. The summed E-state index contributed by atoms with van der Waals surface area (Å²) in [5.74, 6) is 0.734. The summed E-state index contributed by atoms with van der Waals surface area (Å²) in [6, 6.07) is -0.166. The summed E-state index contributed by atoms with van der Waals surface area (Å²) in [7, 11) is -3.41. The Hall–Kier alpha value is -1.61. The SMILES string of the molecule is CC(Nc1snc(N)c1S(C)(=O)=O)c1ncc[nH]1. The minimum absolute atomic E-state index is 0.0247. The molecule has 0 amide bonds. The van der Waals surface area contributed by atoms with Gasteiger partial charge in [-0.1, -0.05) is 0 Å². The van der Waals surface area contributed by atoms with Crippen molar-refractivity contribution in [2.75, 3.05) is 17.3 Å². The van der Waals surface area contributed by atoms with Crippen molar-refractivity contribution in [1.29, 1.82) is 0 Å². The standard InChI is InChI=1S/C9H13N5O2S2/c1-5(8-11-3-4-12-8)13-9-6(18(2,15)16)7(10)14-17-9/h3-5,13H,1-2H3,(H2,10,14)(H,11,12). The van der Waals surface area contributed by atoms with Gasteiger partial charge >= 0.3 is 0 Å². The number of aromatic nitrogens is 3. The molecule has 4 N–H and O–H groups in total. The van der Waals surface area contributed by atoms with Crippen molar-refractivity contribution in [3.8, 4) is 0 Å². The van der Waals surface area contributed by atoms with E-state index in [0.29, 0.717) is 10.8 Å². The molecule has 1 atom stereocenters. The summed E-state index contributed by atoms with van der Waals surface area (Å²) in [5, 5.41) is 3.47. The van der Waals surface area contributed by atoms with Crippen LogP contribution in [-0.2, 0) is 9.84 Å². The van der Waals surface area contributed by atoms with Gasteiger partial charge in [0.05, 0.1) is 6.04 Å². The Kier molecular flexibility index (Phi) is 3.26. The molecule has 0 fully saturated rings. The molecule has 7 nitrogen and oxygen atoms in total. The molecule has 2 aromatic rings. The highest BCUT2D eigenvalue weighted by molar-refractivity contribution is 7.91. The average molecular weight is 287 g/mol. The summed E-state index contributed by atoms with van der Waals surface area (Å²) < 4.78 is 27.1. The number of nitrogens with one attached hydrogen (secondary N) is 2. The minimum atomic E-state index is -3.41. The highest BCUT2D eigenvalue weighted by Gasteiger charge is 2.22. The molecule has 0 aliphatic carbocycles. The molecule has 0 aliphatic rings. The fourth-order valence-corrected chi connectivity index (χ4v) is 3.67. The number of sulfone groups is 1. The molecule has 0 aromatic carbocycles. The Morgan fingerprint density at radius 1 is 1.56 bits per heavy atom. The van der Waals surface area contributed by atoms with E-state index in [1.807, 2.05) is 6.92 Å². The third-order valence-corrected chi connectivity index (χ3v) is 4.40. The van der Waals surface area contributed by atoms with Gasteiger partial charge in [-0.15, -0.1) is 0 Å². The van der Waals surface area contributed by atoms with Crippen LogP contribution in [-0.4, -0.2) is 29.0 Å². The van der Waals surface area contributed by atoms with Crippen LogP contribution in [0.15, 0.2) is 17.3 Å². The van der Waals surface area contributed by atoms with Crippen molar-refractivity contribution in [1.82, 2.24) is 14.3 Å². The zero-order valence-corrected chi connectivity index (χ0v) is 11.5. The fourth-order valence-electron chi connectivity index (χ4n) is 1.52. The van der Waals surface area contributed by atoms with Gasteiger partial charge < -0.3 is 16.0 Å². The lowest BCUT2D eigenvalue weighted by Gasteiger charge is -2.11. The zero-order chi connectivity index (χ0) is 13.3. The number of aromatic amines is 1. The number of hydrogen-bond donors (Lipinski definition) is 3. The first-order valence-corrected chi connectivity index (χ1v) is 7.77. The Labute approximate surface area is 109 Å². The summed E-state index contributed by atoms with van der Waals surface area (Å²) in [6.07, 6.45) is 4.44. The molecule has 98 valence electrons. The Morgan fingerprint density at radius 2 is 2.28 bits per heavy atom. The Morgan fingerprint density at radius 3 is 2.83 bits per heavy atom. The number of nitrogen functional groups attached to an aromatic ring is 1. The lowest BCUT2D eigenvalue weighted by Crippen LogP contribution is -2.10. The van der Waals surface area contributed by atoms with Gasteiger partial charge in [0.15, 0.2) is 15.7 Å². The van der Waals surface area contributed by atoms with Gasteiger partial charge in [0, 0.05) is 18.6 Å². The van der Waals surface area contributed by atoms with E-state index in [-0.39, 0.29) is 16.8 Å². The maximum absolute atomic E-state index is 11.6. The predicted octanol–water partition coefficient (Wildman–Crippen LogP) is 1.03. The van der Waals surface area contributed by atoms with Gasteiger partial charge in [-0.2, -0.15) is 4.37 Å². The summed E-state index contributed by atoms with van der Waals surface area (Å²) in [6.45, 7) is 1.86. The van der Waals surface area contributed by atoms with Crippen molar-refractivity contribution in [3.63, 3.8) is 0 Å². The molecule has 2 rings (SSSR count). The van der Waals surface area contributed by atoms with Crippen molar-refractivity contribution >= 4 is 32.2 Å². The predicted molar refractivity (Wildman–Crippen MR) is 70.3 cm³/mol. The van der Waals surface area contributed by atoms with Gasteiger partial charge in [0.25, 0.3) is 0 Å². The number of imidazole rings is 1. The van der Waals surface area contributed by atoms with E-state index in [2.05, 4.69) is 19.7 Å². The molecule has 0 bridgehead atoms. The van der Waals surface area contributed by atoms with Crippen LogP contribution in [0.2, 0.25) is 0 Å². The molecule has 0 aliphatic heterocycles. The number of hydrogen-bond acceptors (Lipinski definition) is 7. The van der Waals surface area contributed by atoms with Gasteiger partial charge in [0.2, 0.25) is 0 Å². The van der Waals surface area contributed by atoms with Crippen LogP contribution in [0.3, 0.4) is 0 Å². The van der Waals surface area contributed by atoms with Crippen LogP contribution in [0.5, 0.6) is 0 Å². The second kappa shape index (κ2) is 4.58. The largest absolute Gasteiger partial charge is 0.382 e. The topological polar surface area (TPSA) is 114 Å². The first-order valence-electron chi connectivity index (χ1n) is 5.10. The first-order chi connectivity index (χ1) is 8.39. The van der Waals surface area contributed by atoms with E-state index in [0.717, 1.165) is 17.8 Å². The van der Waals surface area contributed by atoms with E-state index in [1.54, 1.807) is 12.4 Å². The summed E-state index contributed by atoms with van der Waals surface area (Å²) >= 11 is 1.02. The van der Waals surface area contributed by atoms with Crippen LogP contribution in [0.25, 0.3) is 0 Å². The van der Waals surface area contributed by atoms with E-state index < -0.39 is 9.84 Å². The zero-order valence-electron chi connectivity index (χ0n) is 9.84. The lowest BCUT2D eigenvalue weighted by molar-refractivity contribution is 0.602. The van der Waals surface area contributed by atoms with Crippen molar-refractivity contribution in [3.05, 3.63) is 18.2 Å². The third kappa shape index (κ3) is 2.46. The second-order valence-corrected chi connectivity index (χ2v) is 6.56. The maximum Gasteiger partial charge on any atom is 0.182 e. The third-order valence-electron chi connectivity index (χ3n) is 2.32. The second-order valence-electron chi connectivity index (χ2n) is 3.84. The summed E-state index contributed by atoms with van der Waals surface area (Å²) in [4.78, 5) is 7.10. The van der Waals surface area contributed by atoms with E-state index in [1.165, 1.54) is 0 Å². The molecule has 2 aromatic heterocycles. The molecule has 0 saturated heterocycles. The van der Waals surface area contributed by atoms with Gasteiger partial charge in [-0.25, -0.2) is 13.4 Å². The molecule has 9 heteroatoms. The Balaban J connectivity index is 2.31. The van der Waals surface area contributed by atoms with Crippen molar-refractivity contribution in [2.24, 2.45) is 0 Å². The molecular weight excluding hydrogens is 274 g/mol. The van der Waals surface area contributed by atoms with Gasteiger partial charge in [0.1, 0.15) is 15.7 Å². The van der Waals surface area contributed by atoms with Crippen LogP contribution in [0, 0.1) is 0 Å². The quantitative estimate of drug-likeness (QED) is 0.773. The van der Waals surface area contributed by atoms with E-state index in [4.69, 9.17) is 5.73 Å². The Bertz CT molecular complexity index is 632. The molecule has 0 radical (unpaired) electrons. The first kappa shape index (κ1) is 12.8. The van der Waals surface area contributed by atoms with Gasteiger partial charge in [-0.05, 0) is 18.5 Å². The molecule has 0 spiro atoms. The molecule has 18 heavy (non-hydrogen) atoms. The maximum atomic E-state index is 11.6. The van der Waals surface area contributed by atoms with E-state index >= 15 is 0 Å². The lowest BCUT2D eigenvalue weighted by atomic mass is 10.3. The number of nitrogens with two attached hydrogens (primary N) is 1. The van der Waals surface area contributed by atoms with Crippen LogP contribution >= 0.6 is 11.5 Å². The number of H-pyrrole nitrogens is 1. The van der Waals surface area contributed by atoms with E-state index in [9.17, 15) is 8.42 Å². The number of rotatable bonds is 4. The van der Waals surface area contributed by atoms with Crippen molar-refractivity contribution < 1.29 is 8.42 Å².